The minimum atomic E-state index is -4.36. The molecule has 0 radical (unpaired) electrons. The minimum absolute atomic E-state index is 0.0196. The molecule has 2 rings (SSSR count). The number of anilines is 1. The molecule has 0 unspecified atom stereocenters. The molecule has 0 aliphatic rings. The Morgan fingerprint density at radius 2 is 1.57 bits per heavy atom. The summed E-state index contributed by atoms with van der Waals surface area (Å²) in [5.41, 5.74) is -0.228. The van der Waals surface area contributed by atoms with Crippen molar-refractivity contribution in [2.75, 3.05) is 4.72 Å². The summed E-state index contributed by atoms with van der Waals surface area (Å²) < 4.78 is 40.0. The van der Waals surface area contributed by atoms with Crippen LogP contribution in [0.25, 0.3) is 0 Å². The first-order valence-electron chi connectivity index (χ1n) is 5.71. The summed E-state index contributed by atoms with van der Waals surface area (Å²) >= 11 is 1.15. The molecular formula is C13H9F3N2O2S. The molecule has 0 heterocycles. The van der Waals surface area contributed by atoms with E-state index in [0.29, 0.717) is 10.6 Å². The fraction of sp³-hybridized carbons (Fsp3) is 0.0769. The number of nitro groups is 1. The Bertz CT molecular complexity index is 627. The normalized spacial score (nSPS) is 11.2. The number of nitrogens with one attached hydrogen (secondary N) is 1. The summed E-state index contributed by atoms with van der Waals surface area (Å²) in [7, 11) is 0. The number of benzene rings is 2. The van der Waals surface area contributed by atoms with Crippen molar-refractivity contribution in [3.63, 3.8) is 0 Å². The van der Waals surface area contributed by atoms with Crippen molar-refractivity contribution >= 4 is 23.3 Å². The maximum Gasteiger partial charge on any atom is 0.416 e. The van der Waals surface area contributed by atoms with Crippen LogP contribution in [-0.4, -0.2) is 4.92 Å². The third kappa shape index (κ3) is 4.12. The van der Waals surface area contributed by atoms with Gasteiger partial charge < -0.3 is 4.72 Å². The summed E-state index contributed by atoms with van der Waals surface area (Å²) in [6.07, 6.45) is -4.36. The molecule has 21 heavy (non-hydrogen) atoms. The summed E-state index contributed by atoms with van der Waals surface area (Å²) in [6.45, 7) is 0. The first kappa shape index (κ1) is 15.2. The number of halogens is 3. The fourth-order valence-electron chi connectivity index (χ4n) is 1.48. The van der Waals surface area contributed by atoms with Gasteiger partial charge in [0.1, 0.15) is 0 Å². The Labute approximate surface area is 122 Å². The molecule has 0 fully saturated rings. The van der Waals surface area contributed by atoms with E-state index >= 15 is 0 Å². The second kappa shape index (κ2) is 6.04. The smallest absolute Gasteiger partial charge is 0.326 e. The van der Waals surface area contributed by atoms with Gasteiger partial charge in [-0.05, 0) is 48.3 Å². The van der Waals surface area contributed by atoms with Gasteiger partial charge in [-0.1, -0.05) is 0 Å². The van der Waals surface area contributed by atoms with E-state index in [-0.39, 0.29) is 5.69 Å². The van der Waals surface area contributed by atoms with E-state index in [9.17, 15) is 23.3 Å². The van der Waals surface area contributed by atoms with Gasteiger partial charge >= 0.3 is 6.18 Å². The third-order valence-corrected chi connectivity index (χ3v) is 3.39. The molecule has 2 aromatic rings. The van der Waals surface area contributed by atoms with Crippen LogP contribution in [0.2, 0.25) is 0 Å². The van der Waals surface area contributed by atoms with Crippen molar-refractivity contribution in [1.82, 2.24) is 0 Å². The Morgan fingerprint density at radius 3 is 2.05 bits per heavy atom. The number of alkyl halides is 3. The first-order valence-corrected chi connectivity index (χ1v) is 6.52. The van der Waals surface area contributed by atoms with E-state index in [1.807, 2.05) is 0 Å². The predicted octanol–water partition coefficient (Wildman–Crippen LogP) is 4.73. The number of non-ortho nitro benzene ring substituents is 1. The van der Waals surface area contributed by atoms with Crippen LogP contribution in [0.1, 0.15) is 5.56 Å². The van der Waals surface area contributed by atoms with Gasteiger partial charge in [0.05, 0.1) is 10.5 Å². The van der Waals surface area contributed by atoms with Gasteiger partial charge in [0, 0.05) is 22.7 Å². The van der Waals surface area contributed by atoms with Crippen molar-refractivity contribution in [1.29, 1.82) is 0 Å². The van der Waals surface area contributed by atoms with Gasteiger partial charge in [-0.15, -0.1) is 0 Å². The largest absolute Gasteiger partial charge is 0.416 e. The molecule has 0 atom stereocenters. The van der Waals surface area contributed by atoms with Crippen LogP contribution in [0.3, 0.4) is 0 Å². The highest BCUT2D eigenvalue weighted by Crippen LogP contribution is 2.30. The van der Waals surface area contributed by atoms with Gasteiger partial charge in [-0.25, -0.2) is 0 Å². The predicted molar refractivity (Wildman–Crippen MR) is 74.0 cm³/mol. The first-order chi connectivity index (χ1) is 9.86. The van der Waals surface area contributed by atoms with Crippen LogP contribution in [0.15, 0.2) is 53.4 Å². The lowest BCUT2D eigenvalue weighted by atomic mass is 10.2. The highest BCUT2D eigenvalue weighted by molar-refractivity contribution is 8.00. The maximum absolute atomic E-state index is 12.4. The van der Waals surface area contributed by atoms with Crippen molar-refractivity contribution in [3.05, 3.63) is 64.2 Å². The molecule has 0 saturated carbocycles. The van der Waals surface area contributed by atoms with E-state index < -0.39 is 16.7 Å². The van der Waals surface area contributed by atoms with E-state index in [4.69, 9.17) is 0 Å². The topological polar surface area (TPSA) is 55.2 Å². The Balaban J connectivity index is 1.98. The van der Waals surface area contributed by atoms with Gasteiger partial charge in [-0.3, -0.25) is 10.1 Å². The lowest BCUT2D eigenvalue weighted by Gasteiger charge is -2.08. The van der Waals surface area contributed by atoms with E-state index in [1.54, 1.807) is 12.1 Å². The van der Waals surface area contributed by atoms with Crippen molar-refractivity contribution in [2.24, 2.45) is 0 Å². The highest BCUT2D eigenvalue weighted by atomic mass is 32.2. The van der Waals surface area contributed by atoms with E-state index in [1.165, 1.54) is 24.3 Å². The lowest BCUT2D eigenvalue weighted by molar-refractivity contribution is -0.384. The van der Waals surface area contributed by atoms with Gasteiger partial charge in [0.2, 0.25) is 0 Å². The number of hydrogen-bond donors (Lipinski definition) is 1. The maximum atomic E-state index is 12.4. The van der Waals surface area contributed by atoms with Crippen LogP contribution in [0, 0.1) is 10.1 Å². The molecule has 8 heteroatoms. The number of rotatable bonds is 4. The summed E-state index contributed by atoms with van der Waals surface area (Å²) in [5, 5.41) is 10.5. The molecule has 1 N–H and O–H groups in total. The quantitative estimate of drug-likeness (QED) is 0.503. The van der Waals surface area contributed by atoms with Crippen LogP contribution in [0.5, 0.6) is 0 Å². The van der Waals surface area contributed by atoms with Crippen LogP contribution in [0.4, 0.5) is 24.5 Å². The zero-order chi connectivity index (χ0) is 15.5. The Morgan fingerprint density at radius 1 is 1.00 bits per heavy atom. The fourth-order valence-corrected chi connectivity index (χ4v) is 2.12. The molecular weight excluding hydrogens is 305 g/mol. The van der Waals surface area contributed by atoms with E-state index in [0.717, 1.165) is 24.1 Å². The number of hydrogen-bond acceptors (Lipinski definition) is 4. The number of nitrogens with zero attached hydrogens (tertiary/aromatic N) is 1. The second-order valence-electron chi connectivity index (χ2n) is 4.03. The summed E-state index contributed by atoms with van der Waals surface area (Å²) in [5.74, 6) is 0. The SMILES string of the molecule is O=[N+]([O-])c1ccc(SNc2ccc(C(F)(F)F)cc2)cc1. The Hall–Kier alpha value is -2.22. The standard InChI is InChI=1S/C13H9F3N2O2S/c14-13(15,16)9-1-3-10(4-2-9)17-21-12-7-5-11(6-8-12)18(19)20/h1-8,17H. The van der Waals surface area contributed by atoms with Crippen molar-refractivity contribution in [3.8, 4) is 0 Å². The van der Waals surface area contributed by atoms with Crippen LogP contribution in [-0.2, 0) is 6.18 Å². The molecule has 0 aliphatic carbocycles. The average molecular weight is 314 g/mol. The van der Waals surface area contributed by atoms with Crippen LogP contribution >= 0.6 is 11.9 Å². The minimum Gasteiger partial charge on any atom is -0.326 e. The van der Waals surface area contributed by atoms with Crippen molar-refractivity contribution < 1.29 is 18.1 Å². The van der Waals surface area contributed by atoms with Crippen LogP contribution < -0.4 is 4.72 Å². The molecule has 0 aromatic heterocycles. The monoisotopic (exact) mass is 314 g/mol. The van der Waals surface area contributed by atoms with Crippen molar-refractivity contribution in [2.45, 2.75) is 11.1 Å². The summed E-state index contributed by atoms with van der Waals surface area (Å²) in [6, 6.07) is 10.4. The zero-order valence-corrected chi connectivity index (χ0v) is 11.2. The lowest BCUT2D eigenvalue weighted by Crippen LogP contribution is -2.04. The molecule has 0 saturated heterocycles. The summed E-state index contributed by atoms with van der Waals surface area (Å²) in [4.78, 5) is 10.7. The molecule has 2 aromatic carbocycles. The molecule has 0 bridgehead atoms. The molecule has 0 amide bonds. The van der Waals surface area contributed by atoms with Gasteiger partial charge in [0.25, 0.3) is 5.69 Å². The van der Waals surface area contributed by atoms with E-state index in [2.05, 4.69) is 4.72 Å². The highest BCUT2D eigenvalue weighted by Gasteiger charge is 2.29. The number of nitro benzene ring substituents is 1. The van der Waals surface area contributed by atoms with Gasteiger partial charge in [0.15, 0.2) is 0 Å². The molecule has 0 aliphatic heterocycles. The Kier molecular flexibility index (Phi) is 4.37. The molecule has 0 spiro atoms. The zero-order valence-electron chi connectivity index (χ0n) is 10.4. The van der Waals surface area contributed by atoms with Gasteiger partial charge in [-0.2, -0.15) is 13.2 Å². The molecule has 110 valence electrons. The third-order valence-electron chi connectivity index (χ3n) is 2.55. The second-order valence-corrected chi connectivity index (χ2v) is 4.91. The molecule has 4 nitrogen and oxygen atoms in total. The average Bonchev–Trinajstić information content (AvgIpc) is 2.45.